The van der Waals surface area contributed by atoms with Crippen molar-refractivity contribution in [1.29, 1.82) is 0 Å². The molecule has 0 aliphatic carbocycles. The Morgan fingerprint density at radius 1 is 1.05 bits per heavy atom. The second-order valence-corrected chi connectivity index (χ2v) is 4.71. The van der Waals surface area contributed by atoms with Crippen LogP contribution in [-0.4, -0.2) is 13.7 Å². The molecule has 0 aliphatic heterocycles. The first-order chi connectivity index (χ1) is 9.65. The summed E-state index contributed by atoms with van der Waals surface area (Å²) in [6.07, 6.45) is 0. The smallest absolute Gasteiger partial charge is 0.122 e. The first-order valence-corrected chi connectivity index (χ1v) is 6.78. The molecule has 106 valence electrons. The Morgan fingerprint density at radius 3 is 2.30 bits per heavy atom. The van der Waals surface area contributed by atoms with Gasteiger partial charge in [0.05, 0.1) is 19.8 Å². The number of hydrogen-bond acceptors (Lipinski definition) is 3. The number of benzene rings is 2. The third-order valence-corrected chi connectivity index (χ3v) is 3.34. The molecule has 0 saturated carbocycles. The highest BCUT2D eigenvalue weighted by atomic mass is 16.5. The minimum atomic E-state index is -0.167. The van der Waals surface area contributed by atoms with Crippen LogP contribution < -0.4 is 15.2 Å². The molecule has 2 aromatic rings. The van der Waals surface area contributed by atoms with Gasteiger partial charge in [0.15, 0.2) is 0 Å². The first-order valence-electron chi connectivity index (χ1n) is 6.78. The van der Waals surface area contributed by atoms with Gasteiger partial charge in [0.25, 0.3) is 0 Å². The number of hydrogen-bond donors (Lipinski definition) is 1. The van der Waals surface area contributed by atoms with Crippen molar-refractivity contribution in [2.75, 3.05) is 13.7 Å². The Morgan fingerprint density at radius 2 is 1.70 bits per heavy atom. The summed E-state index contributed by atoms with van der Waals surface area (Å²) in [6, 6.07) is 13.8. The van der Waals surface area contributed by atoms with E-state index in [1.165, 1.54) is 0 Å². The maximum Gasteiger partial charge on any atom is 0.122 e. The van der Waals surface area contributed by atoms with E-state index in [0.29, 0.717) is 6.61 Å². The Bertz CT molecular complexity index is 564. The van der Waals surface area contributed by atoms with Gasteiger partial charge in [0, 0.05) is 0 Å². The summed E-state index contributed by atoms with van der Waals surface area (Å²) in [7, 11) is 1.68. The fourth-order valence-corrected chi connectivity index (χ4v) is 2.16. The van der Waals surface area contributed by atoms with E-state index in [1.54, 1.807) is 7.11 Å². The van der Waals surface area contributed by atoms with Gasteiger partial charge in [-0.3, -0.25) is 0 Å². The Kier molecular flexibility index (Phi) is 4.64. The fraction of sp³-hybridized carbons (Fsp3) is 0.294. The third kappa shape index (κ3) is 3.11. The molecule has 1 atom stereocenters. The molecule has 0 amide bonds. The molecule has 3 nitrogen and oxygen atoms in total. The predicted molar refractivity (Wildman–Crippen MR) is 81.4 cm³/mol. The Balaban J connectivity index is 2.24. The zero-order valence-electron chi connectivity index (χ0n) is 12.2. The summed E-state index contributed by atoms with van der Waals surface area (Å²) in [5.41, 5.74) is 9.52. The molecule has 1 unspecified atom stereocenters. The van der Waals surface area contributed by atoms with Crippen LogP contribution in [0.4, 0.5) is 0 Å². The average molecular weight is 271 g/mol. The van der Waals surface area contributed by atoms with Crippen LogP contribution in [0.25, 0.3) is 0 Å². The fourth-order valence-electron chi connectivity index (χ4n) is 2.16. The number of methoxy groups -OCH3 is 1. The molecular weight excluding hydrogens is 250 g/mol. The van der Waals surface area contributed by atoms with E-state index in [0.717, 1.165) is 28.2 Å². The maximum absolute atomic E-state index is 6.32. The molecular formula is C17H21NO2. The van der Waals surface area contributed by atoms with E-state index in [2.05, 4.69) is 0 Å². The van der Waals surface area contributed by atoms with Crippen molar-refractivity contribution in [2.45, 2.75) is 19.9 Å². The van der Waals surface area contributed by atoms with Crippen molar-refractivity contribution < 1.29 is 9.47 Å². The quantitative estimate of drug-likeness (QED) is 0.906. The summed E-state index contributed by atoms with van der Waals surface area (Å²) in [5, 5.41) is 0. The molecule has 0 aliphatic rings. The molecule has 0 heterocycles. The van der Waals surface area contributed by atoms with Gasteiger partial charge in [-0.25, -0.2) is 0 Å². The SMILES string of the molecule is CCOc1ccc(C(N)c2ccc(C)c(OC)c2)cc1. The minimum Gasteiger partial charge on any atom is -0.496 e. The van der Waals surface area contributed by atoms with Crippen molar-refractivity contribution in [3.63, 3.8) is 0 Å². The molecule has 20 heavy (non-hydrogen) atoms. The second kappa shape index (κ2) is 6.44. The summed E-state index contributed by atoms with van der Waals surface area (Å²) >= 11 is 0. The number of nitrogens with two attached hydrogens (primary N) is 1. The minimum absolute atomic E-state index is 0.167. The maximum atomic E-state index is 6.32. The highest BCUT2D eigenvalue weighted by Crippen LogP contribution is 2.26. The molecule has 2 rings (SSSR count). The lowest BCUT2D eigenvalue weighted by atomic mass is 9.98. The highest BCUT2D eigenvalue weighted by Gasteiger charge is 2.11. The lowest BCUT2D eigenvalue weighted by molar-refractivity contribution is 0.340. The predicted octanol–water partition coefficient (Wildman–Crippen LogP) is 3.45. The van der Waals surface area contributed by atoms with E-state index < -0.39 is 0 Å². The van der Waals surface area contributed by atoms with Gasteiger partial charge >= 0.3 is 0 Å². The third-order valence-electron chi connectivity index (χ3n) is 3.34. The monoisotopic (exact) mass is 271 g/mol. The number of aryl methyl sites for hydroxylation is 1. The van der Waals surface area contributed by atoms with Crippen molar-refractivity contribution in [3.05, 3.63) is 59.2 Å². The van der Waals surface area contributed by atoms with E-state index in [-0.39, 0.29) is 6.04 Å². The summed E-state index contributed by atoms with van der Waals surface area (Å²) in [4.78, 5) is 0. The van der Waals surface area contributed by atoms with Crippen LogP contribution in [0.5, 0.6) is 11.5 Å². The van der Waals surface area contributed by atoms with Crippen molar-refractivity contribution in [3.8, 4) is 11.5 Å². The first kappa shape index (κ1) is 14.4. The largest absolute Gasteiger partial charge is 0.496 e. The van der Waals surface area contributed by atoms with Gasteiger partial charge in [-0.15, -0.1) is 0 Å². The molecule has 0 spiro atoms. The van der Waals surface area contributed by atoms with E-state index in [4.69, 9.17) is 15.2 Å². The number of ether oxygens (including phenoxy) is 2. The lowest BCUT2D eigenvalue weighted by Gasteiger charge is -2.15. The van der Waals surface area contributed by atoms with Crippen LogP contribution >= 0.6 is 0 Å². The molecule has 3 heteroatoms. The van der Waals surface area contributed by atoms with Gasteiger partial charge in [0.2, 0.25) is 0 Å². The molecule has 0 bridgehead atoms. The molecule has 2 aromatic carbocycles. The Hall–Kier alpha value is -2.00. The van der Waals surface area contributed by atoms with E-state index >= 15 is 0 Å². The zero-order chi connectivity index (χ0) is 14.5. The van der Waals surface area contributed by atoms with Crippen LogP contribution in [0.2, 0.25) is 0 Å². The Labute approximate surface area is 120 Å². The summed E-state index contributed by atoms with van der Waals surface area (Å²) in [5.74, 6) is 1.73. The van der Waals surface area contributed by atoms with Gasteiger partial charge < -0.3 is 15.2 Å². The van der Waals surface area contributed by atoms with Gasteiger partial charge in [-0.1, -0.05) is 24.3 Å². The molecule has 0 saturated heterocycles. The average Bonchev–Trinajstić information content (AvgIpc) is 2.48. The van der Waals surface area contributed by atoms with Crippen molar-refractivity contribution in [2.24, 2.45) is 5.73 Å². The van der Waals surface area contributed by atoms with Crippen LogP contribution in [0, 0.1) is 6.92 Å². The number of rotatable bonds is 5. The molecule has 2 N–H and O–H groups in total. The molecule has 0 radical (unpaired) electrons. The van der Waals surface area contributed by atoms with E-state index in [1.807, 2.05) is 56.3 Å². The standard InChI is InChI=1S/C17H21NO2/c1-4-20-15-9-7-13(8-10-15)17(18)14-6-5-12(2)16(11-14)19-3/h5-11,17H,4,18H2,1-3H3. The van der Waals surface area contributed by atoms with Crippen LogP contribution in [0.3, 0.4) is 0 Å². The molecule has 0 fully saturated rings. The van der Waals surface area contributed by atoms with Crippen LogP contribution in [-0.2, 0) is 0 Å². The molecule has 0 aromatic heterocycles. The van der Waals surface area contributed by atoms with Gasteiger partial charge in [-0.05, 0) is 48.7 Å². The lowest BCUT2D eigenvalue weighted by Crippen LogP contribution is -2.12. The van der Waals surface area contributed by atoms with Gasteiger partial charge in [0.1, 0.15) is 11.5 Å². The summed E-state index contributed by atoms with van der Waals surface area (Å²) in [6.45, 7) is 4.66. The van der Waals surface area contributed by atoms with Crippen LogP contribution in [0.1, 0.15) is 29.7 Å². The van der Waals surface area contributed by atoms with Crippen molar-refractivity contribution >= 4 is 0 Å². The highest BCUT2D eigenvalue weighted by molar-refractivity contribution is 5.41. The van der Waals surface area contributed by atoms with Crippen molar-refractivity contribution in [1.82, 2.24) is 0 Å². The van der Waals surface area contributed by atoms with Crippen LogP contribution in [0.15, 0.2) is 42.5 Å². The normalized spacial score (nSPS) is 12.0. The topological polar surface area (TPSA) is 44.5 Å². The van der Waals surface area contributed by atoms with E-state index in [9.17, 15) is 0 Å². The second-order valence-electron chi connectivity index (χ2n) is 4.71. The zero-order valence-corrected chi connectivity index (χ0v) is 12.2. The summed E-state index contributed by atoms with van der Waals surface area (Å²) < 4.78 is 10.8. The van der Waals surface area contributed by atoms with Gasteiger partial charge in [-0.2, -0.15) is 0 Å².